The Morgan fingerprint density at radius 2 is 1.69 bits per heavy atom. The number of carbonyl (C=O) groups is 3. The predicted molar refractivity (Wildman–Crippen MR) is 147 cm³/mol. The molecule has 35 heavy (non-hydrogen) atoms. The monoisotopic (exact) mass is 524 g/mol. The molecule has 3 aliphatic heterocycles. The first-order valence-electron chi connectivity index (χ1n) is 11.9. The number of fused-ring (bicyclic) bond motifs is 1. The quantitative estimate of drug-likeness (QED) is 0.632. The van der Waals surface area contributed by atoms with Gasteiger partial charge in [0.25, 0.3) is 5.91 Å². The third-order valence-corrected chi connectivity index (χ3v) is 6.81. The molecule has 3 heterocycles. The van der Waals surface area contributed by atoms with Gasteiger partial charge in [0.05, 0.1) is 6.10 Å². The molecule has 196 valence electrons. The number of anilines is 1. The number of ether oxygens (including phenoxy) is 1. The molecule has 8 nitrogen and oxygen atoms in total. The Kier molecular flexibility index (Phi) is 10.1. The summed E-state index contributed by atoms with van der Waals surface area (Å²) in [7, 11) is 2.12. The minimum Gasteiger partial charge on any atom is -0.369 e. The lowest BCUT2D eigenvalue weighted by molar-refractivity contribution is -0.138. The van der Waals surface area contributed by atoms with Crippen molar-refractivity contribution < 1.29 is 19.1 Å². The van der Waals surface area contributed by atoms with Crippen molar-refractivity contribution in [2.45, 2.75) is 51.8 Å². The van der Waals surface area contributed by atoms with E-state index in [0.29, 0.717) is 24.9 Å². The number of likely N-dealkylation sites (tertiary alicyclic amines) is 1. The fraction of sp³-hybridized carbons (Fsp3) is 0.640. The number of carbonyl (C=O) groups excluding carboxylic acids is 3. The Bertz CT molecular complexity index is 898. The lowest BCUT2D eigenvalue weighted by Crippen LogP contribution is -2.53. The van der Waals surface area contributed by atoms with Gasteiger partial charge >= 0.3 is 0 Å². The maximum absolute atomic E-state index is 13.5. The van der Waals surface area contributed by atoms with E-state index in [2.05, 4.69) is 22.2 Å². The second kappa shape index (κ2) is 12.0. The van der Waals surface area contributed by atoms with Gasteiger partial charge in [-0.05, 0) is 49.6 Å². The number of hydrogen-bond donors (Lipinski definition) is 1. The van der Waals surface area contributed by atoms with Crippen molar-refractivity contribution in [1.29, 1.82) is 0 Å². The Morgan fingerprint density at radius 3 is 2.29 bits per heavy atom. The number of ketones is 1. The molecule has 10 heteroatoms. The van der Waals surface area contributed by atoms with Crippen LogP contribution in [0.3, 0.4) is 0 Å². The molecular formula is C25H40N4O4S2. The van der Waals surface area contributed by atoms with Crippen molar-refractivity contribution in [3.8, 4) is 0 Å². The summed E-state index contributed by atoms with van der Waals surface area (Å²) in [5.41, 5.74) is 1.46. The molecule has 0 saturated carbocycles. The fourth-order valence-electron chi connectivity index (χ4n) is 4.98. The first kappa shape index (κ1) is 29.5. The van der Waals surface area contributed by atoms with Crippen molar-refractivity contribution in [2.75, 3.05) is 51.3 Å². The molecule has 4 rings (SSSR count). The zero-order valence-corrected chi connectivity index (χ0v) is 23.2. The van der Waals surface area contributed by atoms with Gasteiger partial charge in [-0.3, -0.25) is 14.4 Å². The van der Waals surface area contributed by atoms with E-state index in [1.165, 1.54) is 0 Å². The minimum absolute atomic E-state index is 0. The topological polar surface area (TPSA) is 82.2 Å². The van der Waals surface area contributed by atoms with E-state index >= 15 is 0 Å². The SMILES string of the molecule is CN1CCN(c2ccc(C(=O)N[C@@H](CC(C)(C)C)C(=O)N3CC[C@H]4OCC(=O)[C@H]43)cc2)CC1.S.S. The molecule has 0 unspecified atom stereocenters. The van der Waals surface area contributed by atoms with Gasteiger partial charge in [-0.1, -0.05) is 20.8 Å². The zero-order chi connectivity index (χ0) is 23.8. The standard InChI is InChI=1S/C25H36N4O4.2H2S/c1-25(2,3)15-19(24(32)29-10-9-21-22(29)20(30)16-33-21)26-23(31)17-5-7-18(8-6-17)28-13-11-27(4)12-14-28;;/h5-8,19,21-22H,9-16H2,1-4H3,(H,26,31);2*1H2/t19-,21+,22+;;/m0../s1. The summed E-state index contributed by atoms with van der Waals surface area (Å²) in [6, 6.07) is 6.38. The first-order chi connectivity index (χ1) is 15.6. The maximum atomic E-state index is 13.5. The zero-order valence-electron chi connectivity index (χ0n) is 21.2. The van der Waals surface area contributed by atoms with Gasteiger partial charge in [0.1, 0.15) is 18.7 Å². The van der Waals surface area contributed by atoms with Crippen molar-refractivity contribution >= 4 is 50.3 Å². The van der Waals surface area contributed by atoms with Crippen LogP contribution in [0.2, 0.25) is 0 Å². The first-order valence-corrected chi connectivity index (χ1v) is 11.9. The van der Waals surface area contributed by atoms with Crippen LogP contribution in [0.15, 0.2) is 24.3 Å². The third-order valence-electron chi connectivity index (χ3n) is 6.81. The lowest BCUT2D eigenvalue weighted by Gasteiger charge is -2.34. The molecule has 0 radical (unpaired) electrons. The van der Waals surface area contributed by atoms with E-state index < -0.39 is 12.1 Å². The van der Waals surface area contributed by atoms with Gasteiger partial charge in [-0.15, -0.1) is 0 Å². The average Bonchev–Trinajstić information content (AvgIpc) is 3.35. The van der Waals surface area contributed by atoms with Crippen LogP contribution >= 0.6 is 27.0 Å². The molecule has 2 amide bonds. The molecule has 1 aromatic carbocycles. The predicted octanol–water partition coefficient (Wildman–Crippen LogP) is 1.77. The summed E-state index contributed by atoms with van der Waals surface area (Å²) in [5.74, 6) is -0.517. The number of rotatable bonds is 5. The van der Waals surface area contributed by atoms with Crippen molar-refractivity contribution in [3.05, 3.63) is 29.8 Å². The number of hydrogen-bond acceptors (Lipinski definition) is 6. The van der Waals surface area contributed by atoms with Crippen LogP contribution in [0.5, 0.6) is 0 Å². The fourth-order valence-corrected chi connectivity index (χ4v) is 4.98. The van der Waals surface area contributed by atoms with Crippen LogP contribution in [0.1, 0.15) is 44.0 Å². The molecule has 0 bridgehead atoms. The van der Waals surface area contributed by atoms with E-state index in [0.717, 1.165) is 31.9 Å². The van der Waals surface area contributed by atoms with Crippen LogP contribution in [0.4, 0.5) is 5.69 Å². The lowest BCUT2D eigenvalue weighted by atomic mass is 9.87. The highest BCUT2D eigenvalue weighted by Gasteiger charge is 2.48. The molecule has 3 fully saturated rings. The normalized spacial score (nSPS) is 23.3. The number of amides is 2. The van der Waals surface area contributed by atoms with E-state index in [1.807, 2.05) is 45.0 Å². The number of piperazine rings is 1. The second-order valence-corrected chi connectivity index (χ2v) is 10.7. The van der Waals surface area contributed by atoms with Crippen LogP contribution in [0.25, 0.3) is 0 Å². The van der Waals surface area contributed by atoms with Gasteiger partial charge in [0.15, 0.2) is 5.78 Å². The number of likely N-dealkylation sites (N-methyl/N-ethyl adjacent to an activating group) is 1. The molecule has 3 atom stereocenters. The van der Waals surface area contributed by atoms with Crippen LogP contribution in [0, 0.1) is 5.41 Å². The largest absolute Gasteiger partial charge is 0.369 e. The highest BCUT2D eigenvalue weighted by molar-refractivity contribution is 7.59. The summed E-state index contributed by atoms with van der Waals surface area (Å²) < 4.78 is 5.53. The number of nitrogens with zero attached hydrogens (tertiary/aromatic N) is 3. The second-order valence-electron chi connectivity index (χ2n) is 10.7. The van der Waals surface area contributed by atoms with Crippen molar-refractivity contribution in [3.63, 3.8) is 0 Å². The average molecular weight is 525 g/mol. The Hall–Kier alpha value is -1.75. The summed E-state index contributed by atoms with van der Waals surface area (Å²) >= 11 is 0. The molecule has 1 N–H and O–H groups in total. The van der Waals surface area contributed by atoms with Crippen LogP contribution in [-0.2, 0) is 14.3 Å². The smallest absolute Gasteiger partial charge is 0.251 e. The van der Waals surface area contributed by atoms with Gasteiger partial charge in [0.2, 0.25) is 5.91 Å². The van der Waals surface area contributed by atoms with Gasteiger partial charge in [-0.2, -0.15) is 27.0 Å². The number of benzene rings is 1. The highest BCUT2D eigenvalue weighted by atomic mass is 32.1. The van der Waals surface area contributed by atoms with Gasteiger partial charge in [0, 0.05) is 44.0 Å². The van der Waals surface area contributed by atoms with E-state index in [9.17, 15) is 14.4 Å². The summed E-state index contributed by atoms with van der Waals surface area (Å²) in [5, 5.41) is 2.96. The molecule has 0 aliphatic carbocycles. The number of nitrogens with one attached hydrogen (secondary N) is 1. The van der Waals surface area contributed by atoms with Gasteiger partial charge in [-0.25, -0.2) is 0 Å². The molecule has 3 aliphatic rings. The maximum Gasteiger partial charge on any atom is 0.251 e. The van der Waals surface area contributed by atoms with E-state index in [-0.39, 0.29) is 62.7 Å². The van der Waals surface area contributed by atoms with Crippen LogP contribution < -0.4 is 10.2 Å². The summed E-state index contributed by atoms with van der Waals surface area (Å²) in [6.45, 7) is 10.6. The summed E-state index contributed by atoms with van der Waals surface area (Å²) in [6.07, 6.45) is 0.931. The van der Waals surface area contributed by atoms with Crippen molar-refractivity contribution in [1.82, 2.24) is 15.1 Å². The van der Waals surface area contributed by atoms with Gasteiger partial charge < -0.3 is 24.8 Å². The van der Waals surface area contributed by atoms with E-state index in [1.54, 1.807) is 4.90 Å². The number of Topliss-reactive ketones (excluding diaryl/α,β-unsaturated/α-hetero) is 1. The Labute approximate surface area is 222 Å². The third kappa shape index (κ3) is 6.93. The Balaban J connectivity index is 0.00000216. The van der Waals surface area contributed by atoms with E-state index in [4.69, 9.17) is 4.74 Å². The van der Waals surface area contributed by atoms with Crippen molar-refractivity contribution in [2.24, 2.45) is 5.41 Å². The molecular weight excluding hydrogens is 484 g/mol. The molecule has 3 saturated heterocycles. The highest BCUT2D eigenvalue weighted by Crippen LogP contribution is 2.30. The Morgan fingerprint density at radius 1 is 1.06 bits per heavy atom. The van der Waals surface area contributed by atoms with Crippen LogP contribution in [-0.4, -0.2) is 92.0 Å². The molecule has 1 aromatic rings. The molecule has 0 spiro atoms. The summed E-state index contributed by atoms with van der Waals surface area (Å²) in [4.78, 5) is 45.1. The minimum atomic E-state index is -0.693. The molecule has 0 aromatic heterocycles.